The van der Waals surface area contributed by atoms with Gasteiger partial charge in [0.25, 0.3) is 0 Å². The van der Waals surface area contributed by atoms with Crippen molar-refractivity contribution in [3.8, 4) is 17.7 Å². The maximum Gasteiger partial charge on any atom is 0.244 e. The molecule has 3 N–H and O–H groups in total. The largest absolute Gasteiger partial charge is 0.496 e. The highest BCUT2D eigenvalue weighted by atomic mass is 32.2. The lowest BCUT2D eigenvalue weighted by atomic mass is 9.83. The molecule has 0 aliphatic carbocycles. The molecule has 5 rings (SSSR count). The van der Waals surface area contributed by atoms with Gasteiger partial charge >= 0.3 is 0 Å². The van der Waals surface area contributed by atoms with E-state index in [9.17, 15) is 5.26 Å². The predicted molar refractivity (Wildman–Crippen MR) is 134 cm³/mol. The van der Waals surface area contributed by atoms with E-state index in [0.29, 0.717) is 17.2 Å². The van der Waals surface area contributed by atoms with Crippen molar-refractivity contribution in [3.05, 3.63) is 76.3 Å². The van der Waals surface area contributed by atoms with Gasteiger partial charge in [-0.3, -0.25) is 5.10 Å². The number of hydrogen-bond donors (Lipinski definition) is 2. The lowest BCUT2D eigenvalue weighted by Crippen LogP contribution is -2.21. The first kappa shape index (κ1) is 22.3. The van der Waals surface area contributed by atoms with Gasteiger partial charge in [-0.05, 0) is 30.2 Å². The number of hydrogen-bond acceptors (Lipinski definition) is 8. The minimum atomic E-state index is -0.355. The number of H-pyrrole nitrogens is 1. The molecular formula is C25H23N5O2S2. The normalized spacial score (nSPS) is 15.1. The summed E-state index contributed by atoms with van der Waals surface area (Å²) in [6.45, 7) is 2.10. The Morgan fingerprint density at radius 1 is 1.29 bits per heavy atom. The maximum absolute atomic E-state index is 9.93. The number of rotatable bonds is 7. The second-order valence-electron chi connectivity index (χ2n) is 7.90. The minimum Gasteiger partial charge on any atom is -0.496 e. The average molecular weight is 490 g/mol. The molecule has 1 aliphatic heterocycles. The highest BCUT2D eigenvalue weighted by molar-refractivity contribution is 8.00. The lowest BCUT2D eigenvalue weighted by molar-refractivity contribution is 0.378. The zero-order valence-corrected chi connectivity index (χ0v) is 20.4. The standard InChI is InChI=1S/C25H23N5O2S2/c1-3-6-18-22-21(16(12-26)23(27)32-24(22)30-29-18)14-9-10-19(31-2)15(11-14)13-33-25-28-17-7-4-5-8-20(17)34-25/h4-5,7-11,21H,3,6,13,27H2,1-2H3,(H,29,30)/t21-/m0/s1. The van der Waals surface area contributed by atoms with Crippen LogP contribution in [0.5, 0.6) is 11.6 Å². The van der Waals surface area contributed by atoms with Gasteiger partial charge in [-0.15, -0.1) is 16.4 Å². The van der Waals surface area contributed by atoms with Crippen molar-refractivity contribution in [1.29, 1.82) is 5.26 Å². The van der Waals surface area contributed by atoms with Crippen LogP contribution in [-0.4, -0.2) is 22.3 Å². The SMILES string of the molecule is CCCc1[nH]nc2c1[C@@H](c1ccc(OC)c(CSc3nc4ccccc4s3)c1)C(C#N)=C(N)O2. The Kier molecular flexibility index (Phi) is 6.18. The number of ether oxygens (including phenoxy) is 2. The number of benzene rings is 2. The number of thioether (sulfide) groups is 1. The molecule has 2 aromatic heterocycles. The van der Waals surface area contributed by atoms with Crippen LogP contribution in [-0.2, 0) is 12.2 Å². The molecule has 1 atom stereocenters. The van der Waals surface area contributed by atoms with Crippen LogP contribution in [0.4, 0.5) is 0 Å². The summed E-state index contributed by atoms with van der Waals surface area (Å²) in [4.78, 5) is 4.73. The van der Waals surface area contributed by atoms with Crippen LogP contribution in [0, 0.1) is 11.3 Å². The number of nitrogens with zero attached hydrogens (tertiary/aromatic N) is 3. The first-order chi connectivity index (χ1) is 16.6. The number of aryl methyl sites for hydroxylation is 1. The molecule has 0 unspecified atom stereocenters. The quantitative estimate of drug-likeness (QED) is 0.330. The van der Waals surface area contributed by atoms with Crippen molar-refractivity contribution < 1.29 is 9.47 Å². The maximum atomic E-state index is 9.93. The third-order valence-electron chi connectivity index (χ3n) is 5.78. The Balaban J connectivity index is 1.52. The van der Waals surface area contributed by atoms with Crippen LogP contribution in [0.1, 0.15) is 41.6 Å². The molecule has 0 saturated carbocycles. The average Bonchev–Trinajstić information content (AvgIpc) is 3.45. The van der Waals surface area contributed by atoms with Crippen molar-refractivity contribution in [2.45, 2.75) is 35.8 Å². The number of nitriles is 1. The number of nitrogens with one attached hydrogen (secondary N) is 1. The van der Waals surface area contributed by atoms with E-state index in [0.717, 1.165) is 50.8 Å². The van der Waals surface area contributed by atoms with E-state index in [-0.39, 0.29) is 11.8 Å². The second kappa shape index (κ2) is 9.41. The number of aromatic amines is 1. The molecule has 3 heterocycles. The van der Waals surface area contributed by atoms with Crippen LogP contribution in [0.3, 0.4) is 0 Å². The predicted octanol–water partition coefficient (Wildman–Crippen LogP) is 5.49. The summed E-state index contributed by atoms with van der Waals surface area (Å²) >= 11 is 3.35. The summed E-state index contributed by atoms with van der Waals surface area (Å²) in [5, 5.41) is 17.3. The van der Waals surface area contributed by atoms with Crippen LogP contribution in [0.2, 0.25) is 0 Å². The monoisotopic (exact) mass is 489 g/mol. The van der Waals surface area contributed by atoms with E-state index in [1.807, 2.05) is 30.3 Å². The number of nitrogens with two attached hydrogens (primary N) is 1. The van der Waals surface area contributed by atoms with Gasteiger partial charge in [0.2, 0.25) is 11.8 Å². The molecule has 0 saturated heterocycles. The first-order valence-corrected chi connectivity index (χ1v) is 12.7. The molecular weight excluding hydrogens is 466 g/mol. The van der Waals surface area contributed by atoms with Gasteiger partial charge in [-0.2, -0.15) is 5.26 Å². The van der Waals surface area contributed by atoms with Crippen molar-refractivity contribution in [1.82, 2.24) is 15.2 Å². The van der Waals surface area contributed by atoms with Gasteiger partial charge in [-0.1, -0.05) is 49.4 Å². The minimum absolute atomic E-state index is 0.0933. The smallest absolute Gasteiger partial charge is 0.244 e. The third kappa shape index (κ3) is 4.00. The molecule has 34 heavy (non-hydrogen) atoms. The van der Waals surface area contributed by atoms with E-state index in [1.165, 1.54) is 4.70 Å². The van der Waals surface area contributed by atoms with E-state index >= 15 is 0 Å². The summed E-state index contributed by atoms with van der Waals surface area (Å²) in [7, 11) is 1.67. The zero-order chi connectivity index (χ0) is 23.7. The number of thiazole rings is 1. The van der Waals surface area contributed by atoms with Crippen LogP contribution in [0.15, 0.2) is 58.3 Å². The van der Waals surface area contributed by atoms with Crippen LogP contribution in [0.25, 0.3) is 10.2 Å². The van der Waals surface area contributed by atoms with Gasteiger partial charge in [0.05, 0.1) is 23.2 Å². The number of aromatic nitrogens is 3. The molecule has 0 amide bonds. The van der Waals surface area contributed by atoms with Gasteiger partial charge < -0.3 is 15.2 Å². The summed E-state index contributed by atoms with van der Waals surface area (Å²) in [5.41, 5.74) is 11.3. The van der Waals surface area contributed by atoms with Crippen molar-refractivity contribution >= 4 is 33.3 Å². The van der Waals surface area contributed by atoms with Crippen LogP contribution < -0.4 is 15.2 Å². The van der Waals surface area contributed by atoms with E-state index < -0.39 is 0 Å². The van der Waals surface area contributed by atoms with Gasteiger partial charge in [-0.25, -0.2) is 4.98 Å². The number of methoxy groups -OCH3 is 1. The molecule has 9 heteroatoms. The van der Waals surface area contributed by atoms with Crippen LogP contribution >= 0.6 is 23.1 Å². The van der Waals surface area contributed by atoms with Gasteiger partial charge in [0.15, 0.2) is 4.34 Å². The fourth-order valence-electron chi connectivity index (χ4n) is 4.23. The fourth-order valence-corrected chi connectivity index (χ4v) is 6.27. The van der Waals surface area contributed by atoms with Crippen molar-refractivity contribution in [3.63, 3.8) is 0 Å². The Morgan fingerprint density at radius 2 is 2.15 bits per heavy atom. The molecule has 1 aliphatic rings. The highest BCUT2D eigenvalue weighted by Gasteiger charge is 2.35. The topological polar surface area (TPSA) is 110 Å². The van der Waals surface area contributed by atoms with Gasteiger partial charge in [0.1, 0.15) is 17.4 Å². The molecule has 172 valence electrons. The summed E-state index contributed by atoms with van der Waals surface area (Å²) < 4.78 is 13.5. The second-order valence-corrected chi connectivity index (χ2v) is 10.2. The molecule has 4 aromatic rings. The van der Waals surface area contributed by atoms with Crippen molar-refractivity contribution in [2.24, 2.45) is 5.73 Å². The summed E-state index contributed by atoms with van der Waals surface area (Å²) in [6.07, 6.45) is 1.74. The van der Waals surface area contributed by atoms with E-state index in [1.54, 1.807) is 30.2 Å². The molecule has 0 spiro atoms. The summed E-state index contributed by atoms with van der Waals surface area (Å²) in [6, 6.07) is 16.4. The van der Waals surface area contributed by atoms with Crippen molar-refractivity contribution in [2.75, 3.05) is 7.11 Å². The third-order valence-corrected chi connectivity index (χ3v) is 8.01. The first-order valence-electron chi connectivity index (χ1n) is 10.9. The molecule has 7 nitrogen and oxygen atoms in total. The number of allylic oxidation sites excluding steroid dienone is 1. The number of fused-ring (bicyclic) bond motifs is 2. The Hall–Kier alpha value is -3.48. The number of para-hydroxylation sites is 1. The summed E-state index contributed by atoms with van der Waals surface area (Å²) in [5.74, 6) is 1.65. The Bertz CT molecular complexity index is 1400. The fraction of sp³-hybridized carbons (Fsp3) is 0.240. The zero-order valence-electron chi connectivity index (χ0n) is 18.8. The van der Waals surface area contributed by atoms with E-state index in [4.69, 9.17) is 20.2 Å². The van der Waals surface area contributed by atoms with E-state index in [2.05, 4.69) is 35.3 Å². The molecule has 0 radical (unpaired) electrons. The molecule has 2 aromatic carbocycles. The lowest BCUT2D eigenvalue weighted by Gasteiger charge is -2.25. The van der Waals surface area contributed by atoms with Gasteiger partial charge in [0, 0.05) is 22.6 Å². The Morgan fingerprint density at radius 3 is 2.91 bits per heavy atom. The molecule has 0 bridgehead atoms. The molecule has 0 fully saturated rings. The highest BCUT2D eigenvalue weighted by Crippen LogP contribution is 2.44. The Labute approximate surface area is 205 Å².